The van der Waals surface area contributed by atoms with Gasteiger partial charge in [0.05, 0.1) is 0 Å². The molecule has 1 aromatic rings. The number of allylic oxidation sites excluding steroid dienone is 1. The summed E-state index contributed by atoms with van der Waals surface area (Å²) in [5.74, 6) is 0. The molecule has 1 rings (SSSR count). The third-order valence-corrected chi connectivity index (χ3v) is 2.43. The monoisotopic (exact) mass is 238 g/mol. The van der Waals surface area contributed by atoms with Crippen molar-refractivity contribution in [2.75, 3.05) is 0 Å². The maximum Gasteiger partial charge on any atom is -0.0121 e. The maximum atomic E-state index is 3.82. The van der Waals surface area contributed by atoms with Crippen LogP contribution in [-0.4, -0.2) is 0 Å². The quantitative estimate of drug-likeness (QED) is 0.737. The van der Waals surface area contributed by atoms with Crippen molar-refractivity contribution in [1.82, 2.24) is 0 Å². The summed E-state index contributed by atoms with van der Waals surface area (Å²) in [6.07, 6.45) is 3.38. The average Bonchev–Trinajstić information content (AvgIpc) is 2.08. The first-order valence-electron chi connectivity index (χ1n) is 4.57. The molecular formula is C12H15Br. The van der Waals surface area contributed by atoms with Gasteiger partial charge in [-0.3, -0.25) is 0 Å². The van der Waals surface area contributed by atoms with Crippen LogP contribution in [0.5, 0.6) is 0 Å². The van der Waals surface area contributed by atoms with Gasteiger partial charge >= 0.3 is 0 Å². The van der Waals surface area contributed by atoms with Gasteiger partial charge in [0.1, 0.15) is 0 Å². The van der Waals surface area contributed by atoms with Crippen LogP contribution >= 0.6 is 15.9 Å². The lowest BCUT2D eigenvalue weighted by Crippen LogP contribution is -1.85. The SMILES string of the molecule is C=C(Br)CCCc1ccc(C)cc1. The van der Waals surface area contributed by atoms with Gasteiger partial charge in [0, 0.05) is 0 Å². The fourth-order valence-electron chi connectivity index (χ4n) is 1.24. The Morgan fingerprint density at radius 3 is 2.46 bits per heavy atom. The van der Waals surface area contributed by atoms with Crippen molar-refractivity contribution >= 4 is 15.9 Å². The lowest BCUT2D eigenvalue weighted by molar-refractivity contribution is 0.839. The first kappa shape index (κ1) is 10.5. The molecule has 0 saturated carbocycles. The van der Waals surface area contributed by atoms with Crippen molar-refractivity contribution in [2.24, 2.45) is 0 Å². The van der Waals surface area contributed by atoms with Gasteiger partial charge in [-0.05, 0) is 36.2 Å². The van der Waals surface area contributed by atoms with Gasteiger partial charge in [-0.25, -0.2) is 0 Å². The number of hydrogen-bond acceptors (Lipinski definition) is 0. The molecule has 0 aliphatic heterocycles. The molecule has 1 heteroatoms. The van der Waals surface area contributed by atoms with Gasteiger partial charge in [0.25, 0.3) is 0 Å². The molecule has 0 N–H and O–H groups in total. The van der Waals surface area contributed by atoms with E-state index >= 15 is 0 Å². The third kappa shape index (κ3) is 4.28. The Labute approximate surface area is 88.8 Å². The van der Waals surface area contributed by atoms with Crippen LogP contribution in [-0.2, 0) is 6.42 Å². The summed E-state index contributed by atoms with van der Waals surface area (Å²) < 4.78 is 1.10. The summed E-state index contributed by atoms with van der Waals surface area (Å²) in [5, 5.41) is 0. The summed E-state index contributed by atoms with van der Waals surface area (Å²) in [6, 6.07) is 8.73. The Morgan fingerprint density at radius 1 is 1.31 bits per heavy atom. The molecular weight excluding hydrogens is 224 g/mol. The van der Waals surface area contributed by atoms with Crippen LogP contribution in [0.25, 0.3) is 0 Å². The number of benzene rings is 1. The molecule has 0 aliphatic carbocycles. The Kier molecular flexibility index (Phi) is 4.23. The van der Waals surface area contributed by atoms with Gasteiger partial charge in [-0.15, -0.1) is 0 Å². The Balaban J connectivity index is 2.37. The second-order valence-electron chi connectivity index (χ2n) is 3.36. The molecule has 0 bridgehead atoms. The molecule has 0 aromatic heterocycles. The zero-order valence-electron chi connectivity index (χ0n) is 8.02. The van der Waals surface area contributed by atoms with Crippen molar-refractivity contribution < 1.29 is 0 Å². The van der Waals surface area contributed by atoms with E-state index in [2.05, 4.69) is 53.7 Å². The summed E-state index contributed by atoms with van der Waals surface area (Å²) in [6.45, 7) is 5.93. The highest BCUT2D eigenvalue weighted by Gasteiger charge is 1.93. The second kappa shape index (κ2) is 5.23. The summed E-state index contributed by atoms with van der Waals surface area (Å²) in [5.41, 5.74) is 2.74. The van der Waals surface area contributed by atoms with Gasteiger partial charge in [-0.1, -0.05) is 52.3 Å². The smallest absolute Gasteiger partial charge is 0.0121 e. The normalized spacial score (nSPS) is 10.0. The highest BCUT2D eigenvalue weighted by molar-refractivity contribution is 9.11. The minimum Gasteiger partial charge on any atom is -0.0889 e. The van der Waals surface area contributed by atoms with Crippen LogP contribution in [0.3, 0.4) is 0 Å². The Morgan fingerprint density at radius 2 is 1.92 bits per heavy atom. The highest BCUT2D eigenvalue weighted by atomic mass is 79.9. The summed E-state index contributed by atoms with van der Waals surface area (Å²) in [7, 11) is 0. The largest absolute Gasteiger partial charge is 0.0889 e. The van der Waals surface area contributed by atoms with E-state index in [9.17, 15) is 0 Å². The Hall–Kier alpha value is -0.560. The molecule has 0 saturated heterocycles. The van der Waals surface area contributed by atoms with Crippen LogP contribution in [0.1, 0.15) is 24.0 Å². The van der Waals surface area contributed by atoms with Crippen LogP contribution in [0.2, 0.25) is 0 Å². The first-order chi connectivity index (χ1) is 6.18. The van der Waals surface area contributed by atoms with E-state index in [1.54, 1.807) is 0 Å². The minimum absolute atomic E-state index is 1.06. The van der Waals surface area contributed by atoms with Crippen molar-refractivity contribution in [2.45, 2.75) is 26.2 Å². The predicted molar refractivity (Wildman–Crippen MR) is 62.2 cm³/mol. The number of rotatable bonds is 4. The number of halogens is 1. The van der Waals surface area contributed by atoms with Gasteiger partial charge in [0.2, 0.25) is 0 Å². The van der Waals surface area contributed by atoms with E-state index in [-0.39, 0.29) is 0 Å². The van der Waals surface area contributed by atoms with Crippen molar-refractivity contribution in [3.05, 3.63) is 46.5 Å². The number of aryl methyl sites for hydroxylation is 2. The van der Waals surface area contributed by atoms with Gasteiger partial charge in [-0.2, -0.15) is 0 Å². The molecule has 1 aromatic carbocycles. The minimum atomic E-state index is 1.06. The van der Waals surface area contributed by atoms with Crippen LogP contribution in [0.4, 0.5) is 0 Å². The standard InChI is InChI=1S/C12H15Br/c1-10-6-8-12(9-7-10)5-3-4-11(2)13/h6-9H,2-5H2,1H3. The average molecular weight is 239 g/mol. The molecule has 0 heterocycles. The second-order valence-corrected chi connectivity index (χ2v) is 4.48. The summed E-state index contributed by atoms with van der Waals surface area (Å²) >= 11 is 3.37. The predicted octanol–water partition coefficient (Wildman–Crippen LogP) is 4.23. The van der Waals surface area contributed by atoms with Crippen molar-refractivity contribution in [3.63, 3.8) is 0 Å². The summed E-state index contributed by atoms with van der Waals surface area (Å²) in [4.78, 5) is 0. The molecule has 13 heavy (non-hydrogen) atoms. The molecule has 0 unspecified atom stereocenters. The van der Waals surface area contributed by atoms with Crippen LogP contribution in [0.15, 0.2) is 35.3 Å². The highest BCUT2D eigenvalue weighted by Crippen LogP contribution is 2.13. The zero-order chi connectivity index (χ0) is 9.68. The molecule has 0 spiro atoms. The Bertz CT molecular complexity index is 272. The molecule has 0 radical (unpaired) electrons. The lowest BCUT2D eigenvalue weighted by atomic mass is 10.1. The van der Waals surface area contributed by atoms with Crippen LogP contribution < -0.4 is 0 Å². The van der Waals surface area contributed by atoms with E-state index in [0.29, 0.717) is 0 Å². The molecule has 0 amide bonds. The fourth-order valence-corrected chi connectivity index (χ4v) is 1.52. The van der Waals surface area contributed by atoms with Crippen LogP contribution in [0, 0.1) is 6.92 Å². The van der Waals surface area contributed by atoms with E-state index in [4.69, 9.17) is 0 Å². The lowest BCUT2D eigenvalue weighted by Gasteiger charge is -2.01. The van der Waals surface area contributed by atoms with E-state index < -0.39 is 0 Å². The number of hydrogen-bond donors (Lipinski definition) is 0. The zero-order valence-corrected chi connectivity index (χ0v) is 9.60. The molecule has 70 valence electrons. The van der Waals surface area contributed by atoms with E-state index in [1.807, 2.05) is 0 Å². The molecule has 0 fully saturated rings. The fraction of sp³-hybridized carbons (Fsp3) is 0.333. The van der Waals surface area contributed by atoms with E-state index in [1.165, 1.54) is 17.5 Å². The maximum absolute atomic E-state index is 3.82. The molecule has 0 nitrogen and oxygen atoms in total. The van der Waals surface area contributed by atoms with E-state index in [0.717, 1.165) is 17.3 Å². The third-order valence-electron chi connectivity index (χ3n) is 2.03. The molecule has 0 aliphatic rings. The first-order valence-corrected chi connectivity index (χ1v) is 5.36. The van der Waals surface area contributed by atoms with Crippen molar-refractivity contribution in [1.29, 1.82) is 0 Å². The molecule has 0 atom stereocenters. The van der Waals surface area contributed by atoms with Gasteiger partial charge in [0.15, 0.2) is 0 Å². The van der Waals surface area contributed by atoms with Crippen molar-refractivity contribution in [3.8, 4) is 0 Å². The van der Waals surface area contributed by atoms with Gasteiger partial charge < -0.3 is 0 Å². The topological polar surface area (TPSA) is 0 Å².